The molecule has 0 aliphatic heterocycles. The first-order chi connectivity index (χ1) is 13.4. The van der Waals surface area contributed by atoms with Gasteiger partial charge in [0.2, 0.25) is 10.0 Å². The summed E-state index contributed by atoms with van der Waals surface area (Å²) in [5.41, 5.74) is 1.89. The summed E-state index contributed by atoms with van der Waals surface area (Å²) in [4.78, 5) is 0.285. The SMILES string of the molecule is C=CCn1c(SCc2cccc(S(=O)(=O)N(C)C)c2)nnc1-c1ccccc1. The van der Waals surface area contributed by atoms with E-state index in [1.54, 1.807) is 18.2 Å². The van der Waals surface area contributed by atoms with Crippen molar-refractivity contribution >= 4 is 21.8 Å². The van der Waals surface area contributed by atoms with E-state index in [-0.39, 0.29) is 4.90 Å². The van der Waals surface area contributed by atoms with Gasteiger partial charge in [0.1, 0.15) is 0 Å². The molecule has 0 amide bonds. The standard InChI is InChI=1S/C20H22N4O2S2/c1-4-13-24-19(17-10-6-5-7-11-17)21-22-20(24)27-15-16-9-8-12-18(14-16)28(25,26)23(2)3/h4-12,14H,1,13,15H2,2-3H3. The van der Waals surface area contributed by atoms with E-state index in [0.29, 0.717) is 12.3 Å². The molecule has 2 aromatic carbocycles. The Bertz CT molecular complexity index is 1060. The second kappa shape index (κ2) is 8.72. The molecule has 0 unspecified atom stereocenters. The summed E-state index contributed by atoms with van der Waals surface area (Å²) < 4.78 is 27.9. The Morgan fingerprint density at radius 1 is 1.11 bits per heavy atom. The summed E-state index contributed by atoms with van der Waals surface area (Å²) in [5.74, 6) is 1.37. The minimum Gasteiger partial charge on any atom is -0.298 e. The Kier molecular flexibility index (Phi) is 6.33. The monoisotopic (exact) mass is 414 g/mol. The molecule has 0 spiro atoms. The van der Waals surface area contributed by atoms with E-state index in [4.69, 9.17) is 0 Å². The van der Waals surface area contributed by atoms with Crippen LogP contribution in [0.4, 0.5) is 0 Å². The number of nitrogens with zero attached hydrogens (tertiary/aromatic N) is 4. The molecule has 0 N–H and O–H groups in total. The van der Waals surface area contributed by atoms with E-state index in [2.05, 4.69) is 16.8 Å². The summed E-state index contributed by atoms with van der Waals surface area (Å²) in [6, 6.07) is 16.9. The van der Waals surface area contributed by atoms with Crippen molar-refractivity contribution in [1.82, 2.24) is 19.1 Å². The van der Waals surface area contributed by atoms with Gasteiger partial charge in [-0.2, -0.15) is 0 Å². The Hall–Kier alpha value is -2.42. The molecule has 0 bridgehead atoms. The highest BCUT2D eigenvalue weighted by atomic mass is 32.2. The normalized spacial score (nSPS) is 11.7. The molecule has 0 saturated carbocycles. The smallest absolute Gasteiger partial charge is 0.242 e. The number of rotatable bonds is 8. The molecular formula is C20H22N4O2S2. The van der Waals surface area contributed by atoms with Crippen LogP contribution in [0.1, 0.15) is 5.56 Å². The number of allylic oxidation sites excluding steroid dienone is 1. The van der Waals surface area contributed by atoms with Gasteiger partial charge in [-0.3, -0.25) is 4.57 Å². The third-order valence-electron chi connectivity index (χ3n) is 4.11. The Balaban J connectivity index is 1.84. The van der Waals surface area contributed by atoms with E-state index in [1.165, 1.54) is 30.2 Å². The average molecular weight is 415 g/mol. The Morgan fingerprint density at radius 3 is 2.54 bits per heavy atom. The van der Waals surface area contributed by atoms with Gasteiger partial charge in [0, 0.05) is 32.0 Å². The molecule has 0 aliphatic rings. The lowest BCUT2D eigenvalue weighted by Crippen LogP contribution is -2.22. The molecule has 146 valence electrons. The lowest BCUT2D eigenvalue weighted by Gasteiger charge is -2.12. The fraction of sp³-hybridized carbons (Fsp3) is 0.200. The quantitative estimate of drug-likeness (QED) is 0.416. The summed E-state index contributed by atoms with van der Waals surface area (Å²) >= 11 is 1.52. The van der Waals surface area contributed by atoms with Crippen molar-refractivity contribution < 1.29 is 8.42 Å². The highest BCUT2D eigenvalue weighted by Gasteiger charge is 2.18. The number of hydrogen-bond donors (Lipinski definition) is 0. The van der Waals surface area contributed by atoms with E-state index in [9.17, 15) is 8.42 Å². The van der Waals surface area contributed by atoms with Crippen LogP contribution in [0.25, 0.3) is 11.4 Å². The summed E-state index contributed by atoms with van der Waals surface area (Å²) in [6.07, 6.45) is 1.81. The molecule has 1 heterocycles. The van der Waals surface area contributed by atoms with Gasteiger partial charge in [-0.15, -0.1) is 16.8 Å². The van der Waals surface area contributed by atoms with Gasteiger partial charge in [0.25, 0.3) is 0 Å². The fourth-order valence-electron chi connectivity index (χ4n) is 2.64. The summed E-state index contributed by atoms with van der Waals surface area (Å²) in [7, 11) is -0.399. The number of benzene rings is 2. The third kappa shape index (κ3) is 4.35. The highest BCUT2D eigenvalue weighted by molar-refractivity contribution is 7.98. The van der Waals surface area contributed by atoms with Crippen molar-refractivity contribution in [3.63, 3.8) is 0 Å². The topological polar surface area (TPSA) is 68.1 Å². The second-order valence-corrected chi connectivity index (χ2v) is 9.39. The van der Waals surface area contributed by atoms with Crippen LogP contribution in [0.2, 0.25) is 0 Å². The van der Waals surface area contributed by atoms with Crippen molar-refractivity contribution in [2.45, 2.75) is 22.3 Å². The minimum atomic E-state index is -3.45. The van der Waals surface area contributed by atoms with Crippen molar-refractivity contribution in [2.24, 2.45) is 0 Å². The molecule has 3 rings (SSSR count). The summed E-state index contributed by atoms with van der Waals surface area (Å²) in [6.45, 7) is 4.42. The fourth-order valence-corrected chi connectivity index (χ4v) is 4.51. The lowest BCUT2D eigenvalue weighted by atomic mass is 10.2. The molecule has 3 aromatic rings. The lowest BCUT2D eigenvalue weighted by molar-refractivity contribution is 0.520. The maximum atomic E-state index is 12.3. The Morgan fingerprint density at radius 2 is 1.86 bits per heavy atom. The van der Waals surface area contributed by atoms with Crippen LogP contribution in [0.5, 0.6) is 0 Å². The highest BCUT2D eigenvalue weighted by Crippen LogP contribution is 2.27. The van der Waals surface area contributed by atoms with Crippen LogP contribution < -0.4 is 0 Å². The van der Waals surface area contributed by atoms with Gasteiger partial charge < -0.3 is 0 Å². The maximum Gasteiger partial charge on any atom is 0.242 e. The second-order valence-electron chi connectivity index (χ2n) is 6.29. The van der Waals surface area contributed by atoms with Gasteiger partial charge in [0.05, 0.1) is 4.90 Å². The average Bonchev–Trinajstić information content (AvgIpc) is 3.10. The number of aromatic nitrogens is 3. The zero-order valence-corrected chi connectivity index (χ0v) is 17.4. The first-order valence-corrected chi connectivity index (χ1v) is 11.1. The van der Waals surface area contributed by atoms with Gasteiger partial charge in [0.15, 0.2) is 11.0 Å². The van der Waals surface area contributed by atoms with Crippen LogP contribution in [-0.2, 0) is 22.3 Å². The van der Waals surface area contributed by atoms with Crippen LogP contribution >= 0.6 is 11.8 Å². The maximum absolute atomic E-state index is 12.3. The zero-order chi connectivity index (χ0) is 20.1. The first-order valence-electron chi connectivity index (χ1n) is 8.67. The zero-order valence-electron chi connectivity index (χ0n) is 15.8. The predicted molar refractivity (Wildman–Crippen MR) is 113 cm³/mol. The molecule has 8 heteroatoms. The molecule has 0 aliphatic carbocycles. The molecule has 0 fully saturated rings. The van der Waals surface area contributed by atoms with Crippen molar-refractivity contribution in [1.29, 1.82) is 0 Å². The molecule has 1 aromatic heterocycles. The van der Waals surface area contributed by atoms with Crippen LogP contribution in [0.15, 0.2) is 77.3 Å². The van der Waals surface area contributed by atoms with Gasteiger partial charge >= 0.3 is 0 Å². The molecule has 6 nitrogen and oxygen atoms in total. The molecule has 0 radical (unpaired) electrons. The van der Waals surface area contributed by atoms with Crippen LogP contribution in [-0.4, -0.2) is 41.6 Å². The van der Waals surface area contributed by atoms with Gasteiger partial charge in [-0.25, -0.2) is 12.7 Å². The third-order valence-corrected chi connectivity index (χ3v) is 6.95. The molecular weight excluding hydrogens is 392 g/mol. The first kappa shape index (κ1) is 20.3. The van der Waals surface area contributed by atoms with Gasteiger partial charge in [-0.1, -0.05) is 60.3 Å². The van der Waals surface area contributed by atoms with Crippen molar-refractivity contribution in [3.8, 4) is 11.4 Å². The largest absolute Gasteiger partial charge is 0.298 e. The number of thioether (sulfide) groups is 1. The van der Waals surface area contributed by atoms with E-state index in [0.717, 1.165) is 22.1 Å². The van der Waals surface area contributed by atoms with Crippen LogP contribution in [0.3, 0.4) is 0 Å². The number of sulfonamides is 1. The van der Waals surface area contributed by atoms with E-state index in [1.807, 2.05) is 47.0 Å². The molecule has 28 heavy (non-hydrogen) atoms. The van der Waals surface area contributed by atoms with Crippen LogP contribution in [0, 0.1) is 0 Å². The minimum absolute atomic E-state index is 0.285. The summed E-state index contributed by atoms with van der Waals surface area (Å²) in [5, 5.41) is 9.43. The number of hydrogen-bond acceptors (Lipinski definition) is 5. The van der Waals surface area contributed by atoms with Crippen molar-refractivity contribution in [2.75, 3.05) is 14.1 Å². The van der Waals surface area contributed by atoms with Crippen molar-refractivity contribution in [3.05, 3.63) is 72.8 Å². The molecule has 0 atom stereocenters. The van der Waals surface area contributed by atoms with E-state index < -0.39 is 10.0 Å². The van der Waals surface area contributed by atoms with E-state index >= 15 is 0 Å². The molecule has 0 saturated heterocycles. The van der Waals surface area contributed by atoms with Gasteiger partial charge in [-0.05, 0) is 17.7 Å². The predicted octanol–water partition coefficient (Wildman–Crippen LogP) is 3.67. The Labute approximate surface area is 170 Å².